The lowest BCUT2D eigenvalue weighted by Gasteiger charge is -2.41. The molecular formula is C21H28Cl2N4O3. The van der Waals surface area contributed by atoms with E-state index in [-0.39, 0.29) is 42.7 Å². The molecule has 2 aliphatic heterocycles. The van der Waals surface area contributed by atoms with E-state index in [0.29, 0.717) is 31.8 Å². The third-order valence-corrected chi connectivity index (χ3v) is 5.48. The Morgan fingerprint density at radius 3 is 2.77 bits per heavy atom. The SMILES string of the molecule is Cl.Cl.O=C(CCc1ncc(-c2ccccc2)o1)N1CCCC(N2CCNCC2=O)C1. The average molecular weight is 455 g/mol. The second-order valence-corrected chi connectivity index (χ2v) is 7.38. The van der Waals surface area contributed by atoms with E-state index in [9.17, 15) is 9.59 Å². The summed E-state index contributed by atoms with van der Waals surface area (Å²) in [5, 5.41) is 3.10. The highest BCUT2D eigenvalue weighted by atomic mass is 35.5. The van der Waals surface area contributed by atoms with E-state index in [1.54, 1.807) is 6.20 Å². The summed E-state index contributed by atoms with van der Waals surface area (Å²) in [5.41, 5.74) is 0.979. The van der Waals surface area contributed by atoms with Crippen LogP contribution >= 0.6 is 24.8 Å². The first-order valence-electron chi connectivity index (χ1n) is 9.99. The zero-order chi connectivity index (χ0) is 19.3. The standard InChI is InChI=1S/C21H26N4O3.2ClH/c26-20(9-8-19-23-13-18(28-19)16-5-2-1-3-6-16)24-11-4-7-17(15-24)25-12-10-22-14-21(25)27;;/h1-3,5-6,13,17,22H,4,7-12,14-15H2;2*1H. The van der Waals surface area contributed by atoms with Crippen LogP contribution in [0.3, 0.4) is 0 Å². The molecule has 4 rings (SSSR count). The Hall–Kier alpha value is -2.09. The molecular weight excluding hydrogens is 427 g/mol. The van der Waals surface area contributed by atoms with Gasteiger partial charge in [0.25, 0.3) is 0 Å². The third-order valence-electron chi connectivity index (χ3n) is 5.48. The number of nitrogens with one attached hydrogen (secondary N) is 1. The van der Waals surface area contributed by atoms with Gasteiger partial charge >= 0.3 is 0 Å². The number of piperazine rings is 1. The number of benzene rings is 1. The molecule has 1 unspecified atom stereocenters. The van der Waals surface area contributed by atoms with Gasteiger partial charge in [-0.25, -0.2) is 4.98 Å². The first-order valence-corrected chi connectivity index (χ1v) is 9.99. The van der Waals surface area contributed by atoms with Gasteiger partial charge in [-0.05, 0) is 12.8 Å². The topological polar surface area (TPSA) is 78.7 Å². The molecule has 164 valence electrons. The smallest absolute Gasteiger partial charge is 0.236 e. The number of aromatic nitrogens is 1. The minimum atomic E-state index is 0. The number of amides is 2. The predicted octanol–water partition coefficient (Wildman–Crippen LogP) is 2.54. The number of hydrogen-bond donors (Lipinski definition) is 1. The maximum Gasteiger partial charge on any atom is 0.236 e. The molecule has 2 amide bonds. The summed E-state index contributed by atoms with van der Waals surface area (Å²) in [6.07, 6.45) is 4.47. The van der Waals surface area contributed by atoms with Crippen LogP contribution in [0.1, 0.15) is 25.2 Å². The fourth-order valence-corrected chi connectivity index (χ4v) is 3.98. The van der Waals surface area contributed by atoms with E-state index < -0.39 is 0 Å². The van der Waals surface area contributed by atoms with E-state index in [4.69, 9.17) is 4.42 Å². The number of carbonyl (C=O) groups excluding carboxylic acids is 2. The highest BCUT2D eigenvalue weighted by Gasteiger charge is 2.31. The van der Waals surface area contributed by atoms with Crippen molar-refractivity contribution in [1.29, 1.82) is 0 Å². The number of nitrogens with zero attached hydrogens (tertiary/aromatic N) is 3. The minimum absolute atomic E-state index is 0. The number of likely N-dealkylation sites (tertiary alicyclic amines) is 1. The zero-order valence-electron chi connectivity index (χ0n) is 16.8. The van der Waals surface area contributed by atoms with Gasteiger partial charge in [0.05, 0.1) is 12.7 Å². The highest BCUT2D eigenvalue weighted by molar-refractivity contribution is 5.85. The Kier molecular flexibility index (Phi) is 9.14. The van der Waals surface area contributed by atoms with Crippen LogP contribution in [-0.4, -0.2) is 65.4 Å². The Morgan fingerprint density at radius 1 is 1.20 bits per heavy atom. The maximum absolute atomic E-state index is 12.7. The Morgan fingerprint density at radius 2 is 2.00 bits per heavy atom. The van der Waals surface area contributed by atoms with E-state index in [1.165, 1.54) is 0 Å². The molecule has 0 saturated carbocycles. The van der Waals surface area contributed by atoms with Crippen LogP contribution in [0.2, 0.25) is 0 Å². The van der Waals surface area contributed by atoms with Crippen LogP contribution in [0.5, 0.6) is 0 Å². The molecule has 0 spiro atoms. The van der Waals surface area contributed by atoms with Crippen molar-refractivity contribution in [2.45, 2.75) is 31.7 Å². The minimum Gasteiger partial charge on any atom is -0.441 e. The first kappa shape index (κ1) is 24.2. The summed E-state index contributed by atoms with van der Waals surface area (Å²) < 4.78 is 5.80. The van der Waals surface area contributed by atoms with Crippen molar-refractivity contribution in [2.75, 3.05) is 32.7 Å². The van der Waals surface area contributed by atoms with Crippen LogP contribution in [-0.2, 0) is 16.0 Å². The molecule has 3 heterocycles. The summed E-state index contributed by atoms with van der Waals surface area (Å²) in [4.78, 5) is 33.0. The number of piperidine rings is 1. The lowest BCUT2D eigenvalue weighted by molar-refractivity contribution is -0.140. The molecule has 7 nitrogen and oxygen atoms in total. The van der Waals surface area contributed by atoms with Crippen molar-refractivity contribution in [1.82, 2.24) is 20.1 Å². The van der Waals surface area contributed by atoms with Gasteiger partial charge in [-0.3, -0.25) is 9.59 Å². The van der Waals surface area contributed by atoms with Crippen molar-refractivity contribution in [2.24, 2.45) is 0 Å². The normalized spacial score (nSPS) is 19.1. The largest absolute Gasteiger partial charge is 0.441 e. The molecule has 0 aliphatic carbocycles. The molecule has 2 aliphatic rings. The van der Waals surface area contributed by atoms with Gasteiger partial charge in [-0.15, -0.1) is 24.8 Å². The van der Waals surface area contributed by atoms with Crippen LogP contribution in [0.25, 0.3) is 11.3 Å². The summed E-state index contributed by atoms with van der Waals surface area (Å²) in [6, 6.07) is 9.95. The van der Waals surface area contributed by atoms with Crippen LogP contribution < -0.4 is 5.32 Å². The number of carbonyl (C=O) groups is 2. The summed E-state index contributed by atoms with van der Waals surface area (Å²) in [7, 11) is 0. The molecule has 1 aromatic carbocycles. The van der Waals surface area contributed by atoms with Gasteiger partial charge in [-0.1, -0.05) is 30.3 Å². The lowest BCUT2D eigenvalue weighted by Crippen LogP contribution is -2.57. The van der Waals surface area contributed by atoms with E-state index >= 15 is 0 Å². The summed E-state index contributed by atoms with van der Waals surface area (Å²) in [5.74, 6) is 1.54. The van der Waals surface area contributed by atoms with Gasteiger partial charge in [0.2, 0.25) is 11.8 Å². The zero-order valence-corrected chi connectivity index (χ0v) is 18.4. The molecule has 1 N–H and O–H groups in total. The fourth-order valence-electron chi connectivity index (χ4n) is 3.98. The molecule has 2 fully saturated rings. The van der Waals surface area contributed by atoms with Crippen LogP contribution in [0.15, 0.2) is 40.9 Å². The Balaban J connectivity index is 0.00000160. The second-order valence-electron chi connectivity index (χ2n) is 7.38. The number of aryl methyl sites for hydroxylation is 1. The third kappa shape index (κ3) is 5.74. The van der Waals surface area contributed by atoms with Gasteiger partial charge < -0.3 is 19.5 Å². The molecule has 1 atom stereocenters. The lowest BCUT2D eigenvalue weighted by atomic mass is 10.0. The predicted molar refractivity (Wildman–Crippen MR) is 119 cm³/mol. The van der Waals surface area contributed by atoms with Crippen LogP contribution in [0.4, 0.5) is 0 Å². The van der Waals surface area contributed by atoms with Gasteiger partial charge in [0.15, 0.2) is 11.7 Å². The van der Waals surface area contributed by atoms with Crippen molar-refractivity contribution >= 4 is 36.6 Å². The van der Waals surface area contributed by atoms with E-state index in [1.807, 2.05) is 40.1 Å². The highest BCUT2D eigenvalue weighted by Crippen LogP contribution is 2.21. The Bertz CT molecular complexity index is 831. The van der Waals surface area contributed by atoms with Crippen molar-refractivity contribution in [3.8, 4) is 11.3 Å². The number of rotatable bonds is 5. The molecule has 0 bridgehead atoms. The van der Waals surface area contributed by atoms with Gasteiger partial charge in [-0.2, -0.15) is 0 Å². The van der Waals surface area contributed by atoms with Gasteiger partial charge in [0, 0.05) is 50.6 Å². The van der Waals surface area contributed by atoms with E-state index in [0.717, 1.165) is 43.8 Å². The number of hydrogen-bond acceptors (Lipinski definition) is 5. The average Bonchev–Trinajstić information content (AvgIpc) is 3.22. The maximum atomic E-state index is 12.7. The molecule has 9 heteroatoms. The monoisotopic (exact) mass is 454 g/mol. The summed E-state index contributed by atoms with van der Waals surface area (Å²) >= 11 is 0. The molecule has 0 radical (unpaired) electrons. The molecule has 2 aromatic rings. The first-order chi connectivity index (χ1) is 13.7. The second kappa shape index (κ2) is 11.3. The molecule has 2 saturated heterocycles. The number of oxazole rings is 1. The molecule has 30 heavy (non-hydrogen) atoms. The quantitative estimate of drug-likeness (QED) is 0.750. The van der Waals surface area contributed by atoms with Crippen LogP contribution in [0, 0.1) is 0 Å². The summed E-state index contributed by atoms with van der Waals surface area (Å²) in [6.45, 7) is 3.34. The Labute approximate surface area is 189 Å². The van der Waals surface area contributed by atoms with Crippen molar-refractivity contribution < 1.29 is 14.0 Å². The molecule has 1 aromatic heterocycles. The van der Waals surface area contributed by atoms with Crippen molar-refractivity contribution in [3.63, 3.8) is 0 Å². The van der Waals surface area contributed by atoms with Gasteiger partial charge in [0.1, 0.15) is 0 Å². The fraction of sp³-hybridized carbons (Fsp3) is 0.476. The van der Waals surface area contributed by atoms with E-state index in [2.05, 4.69) is 10.3 Å². The number of halogens is 2. The van der Waals surface area contributed by atoms with Crippen molar-refractivity contribution in [3.05, 3.63) is 42.4 Å².